The molecule has 1 heterocycles. The number of urea groups is 1. The van der Waals surface area contributed by atoms with Gasteiger partial charge in [-0.2, -0.15) is 0 Å². The average molecular weight is 310 g/mol. The van der Waals surface area contributed by atoms with Gasteiger partial charge in [0.15, 0.2) is 0 Å². The summed E-state index contributed by atoms with van der Waals surface area (Å²) in [6.07, 6.45) is 10.9. The number of amides is 2. The Morgan fingerprint density at radius 3 is 2.59 bits per heavy atom. The minimum atomic E-state index is -0.0387. The lowest BCUT2D eigenvalue weighted by molar-refractivity contribution is 0.144. The van der Waals surface area contributed by atoms with Crippen LogP contribution in [0.15, 0.2) is 0 Å². The lowest BCUT2D eigenvalue weighted by atomic mass is 9.83. The van der Waals surface area contributed by atoms with Gasteiger partial charge in [0.25, 0.3) is 0 Å². The third-order valence-electron chi connectivity index (χ3n) is 5.49. The highest BCUT2D eigenvalue weighted by Gasteiger charge is 2.34. The molecule has 1 unspecified atom stereocenters. The van der Waals surface area contributed by atoms with E-state index in [1.54, 1.807) is 0 Å². The second-order valence-electron chi connectivity index (χ2n) is 7.96. The molecule has 1 saturated carbocycles. The van der Waals surface area contributed by atoms with Gasteiger partial charge < -0.3 is 15.3 Å². The summed E-state index contributed by atoms with van der Waals surface area (Å²) in [5.41, 5.74) is -0.0387. The van der Waals surface area contributed by atoms with E-state index < -0.39 is 0 Å². The molecule has 2 rings (SSSR count). The zero-order chi connectivity index (χ0) is 16.0. The minimum Gasteiger partial charge on any atom is -0.396 e. The molecule has 0 bridgehead atoms. The first-order valence-corrected chi connectivity index (χ1v) is 9.19. The number of hydrogen-bond acceptors (Lipinski definition) is 2. The first-order chi connectivity index (χ1) is 10.5. The van der Waals surface area contributed by atoms with Gasteiger partial charge in [-0.25, -0.2) is 4.79 Å². The molecule has 128 valence electrons. The number of likely N-dealkylation sites (tertiary alicyclic amines) is 1. The summed E-state index contributed by atoms with van der Waals surface area (Å²) in [5, 5.41) is 12.4. The quantitative estimate of drug-likeness (QED) is 0.737. The Kier molecular flexibility index (Phi) is 6.54. The molecule has 1 saturated heterocycles. The van der Waals surface area contributed by atoms with E-state index in [1.807, 2.05) is 0 Å². The standard InChI is InChI=1S/C18H34N2O2/c1-18(2,14-21)11-7-12-19-17(22)20-13-6-10-16(20)15-8-4-3-5-9-15/h15-16,21H,3-14H2,1-2H3,(H,19,22). The van der Waals surface area contributed by atoms with Gasteiger partial charge in [0, 0.05) is 25.7 Å². The second-order valence-corrected chi connectivity index (χ2v) is 7.96. The highest BCUT2D eigenvalue weighted by atomic mass is 16.3. The Balaban J connectivity index is 1.74. The van der Waals surface area contributed by atoms with Crippen LogP contribution in [0.4, 0.5) is 4.79 Å². The zero-order valence-electron chi connectivity index (χ0n) is 14.4. The molecule has 0 aromatic heterocycles. The number of rotatable bonds is 6. The Morgan fingerprint density at radius 1 is 1.18 bits per heavy atom. The topological polar surface area (TPSA) is 52.6 Å². The van der Waals surface area contributed by atoms with Crippen LogP contribution in [0.3, 0.4) is 0 Å². The van der Waals surface area contributed by atoms with Gasteiger partial charge in [-0.15, -0.1) is 0 Å². The van der Waals surface area contributed by atoms with Crippen molar-refractivity contribution in [3.63, 3.8) is 0 Å². The molecule has 0 aromatic rings. The van der Waals surface area contributed by atoms with Crippen molar-refractivity contribution >= 4 is 6.03 Å². The third kappa shape index (κ3) is 4.87. The first kappa shape index (κ1) is 17.6. The fraction of sp³-hybridized carbons (Fsp3) is 0.944. The van der Waals surface area contributed by atoms with Crippen LogP contribution in [0, 0.1) is 11.3 Å². The van der Waals surface area contributed by atoms with Crippen LogP contribution in [0.25, 0.3) is 0 Å². The molecule has 2 aliphatic rings. The molecule has 2 amide bonds. The lowest BCUT2D eigenvalue weighted by Crippen LogP contribution is -2.46. The number of nitrogens with zero attached hydrogens (tertiary/aromatic N) is 1. The van der Waals surface area contributed by atoms with Gasteiger partial charge in [-0.05, 0) is 49.9 Å². The lowest BCUT2D eigenvalue weighted by Gasteiger charge is -2.34. The number of hydrogen-bond donors (Lipinski definition) is 2. The Morgan fingerprint density at radius 2 is 1.91 bits per heavy atom. The summed E-state index contributed by atoms with van der Waals surface area (Å²) in [6.45, 7) is 5.98. The van der Waals surface area contributed by atoms with E-state index in [9.17, 15) is 9.90 Å². The predicted molar refractivity (Wildman–Crippen MR) is 89.8 cm³/mol. The smallest absolute Gasteiger partial charge is 0.317 e. The molecular formula is C18H34N2O2. The number of aliphatic hydroxyl groups excluding tert-OH is 1. The highest BCUT2D eigenvalue weighted by molar-refractivity contribution is 5.74. The monoisotopic (exact) mass is 310 g/mol. The molecule has 4 heteroatoms. The second kappa shape index (κ2) is 8.19. The van der Waals surface area contributed by atoms with Crippen molar-refractivity contribution in [2.24, 2.45) is 11.3 Å². The fourth-order valence-electron chi connectivity index (χ4n) is 4.00. The maximum atomic E-state index is 12.5. The molecular weight excluding hydrogens is 276 g/mol. The van der Waals surface area contributed by atoms with Crippen LogP contribution in [0.5, 0.6) is 0 Å². The predicted octanol–water partition coefficient (Wildman–Crippen LogP) is 3.54. The summed E-state index contributed by atoms with van der Waals surface area (Å²) in [5.74, 6) is 0.732. The number of carbonyl (C=O) groups is 1. The molecule has 0 spiro atoms. The summed E-state index contributed by atoms with van der Waals surface area (Å²) in [7, 11) is 0. The van der Waals surface area contributed by atoms with Crippen molar-refractivity contribution in [1.29, 1.82) is 0 Å². The fourth-order valence-corrected chi connectivity index (χ4v) is 4.00. The van der Waals surface area contributed by atoms with E-state index in [1.165, 1.54) is 38.5 Å². The van der Waals surface area contributed by atoms with Gasteiger partial charge in [0.1, 0.15) is 0 Å². The van der Waals surface area contributed by atoms with E-state index in [0.717, 1.165) is 38.3 Å². The van der Waals surface area contributed by atoms with E-state index in [0.29, 0.717) is 6.04 Å². The molecule has 2 N–H and O–H groups in total. The number of carbonyl (C=O) groups excluding carboxylic acids is 1. The van der Waals surface area contributed by atoms with E-state index >= 15 is 0 Å². The molecule has 22 heavy (non-hydrogen) atoms. The number of aliphatic hydroxyl groups is 1. The molecule has 1 atom stereocenters. The van der Waals surface area contributed by atoms with Crippen LogP contribution >= 0.6 is 0 Å². The van der Waals surface area contributed by atoms with Crippen molar-refractivity contribution < 1.29 is 9.90 Å². The van der Waals surface area contributed by atoms with E-state index in [4.69, 9.17) is 0 Å². The Labute approximate surface area is 135 Å². The number of nitrogens with one attached hydrogen (secondary N) is 1. The Hall–Kier alpha value is -0.770. The minimum absolute atomic E-state index is 0.0387. The maximum absolute atomic E-state index is 12.5. The van der Waals surface area contributed by atoms with E-state index in [2.05, 4.69) is 24.1 Å². The zero-order valence-corrected chi connectivity index (χ0v) is 14.4. The Bertz CT molecular complexity index is 351. The SMILES string of the molecule is CC(C)(CO)CCCNC(=O)N1CCCC1C1CCCCC1. The maximum Gasteiger partial charge on any atom is 0.317 e. The summed E-state index contributed by atoms with van der Waals surface area (Å²) in [4.78, 5) is 14.6. The van der Waals surface area contributed by atoms with Gasteiger partial charge in [-0.3, -0.25) is 0 Å². The van der Waals surface area contributed by atoms with Crippen LogP contribution < -0.4 is 5.32 Å². The highest BCUT2D eigenvalue weighted by Crippen LogP contribution is 2.34. The summed E-state index contributed by atoms with van der Waals surface area (Å²) >= 11 is 0. The average Bonchev–Trinajstić information content (AvgIpc) is 3.02. The van der Waals surface area contributed by atoms with E-state index in [-0.39, 0.29) is 18.1 Å². The van der Waals surface area contributed by atoms with Crippen LogP contribution in [-0.4, -0.2) is 41.8 Å². The van der Waals surface area contributed by atoms with Crippen molar-refractivity contribution in [3.05, 3.63) is 0 Å². The molecule has 2 fully saturated rings. The molecule has 1 aliphatic heterocycles. The summed E-state index contributed by atoms with van der Waals surface area (Å²) < 4.78 is 0. The first-order valence-electron chi connectivity index (χ1n) is 9.19. The van der Waals surface area contributed by atoms with Gasteiger partial charge >= 0.3 is 6.03 Å². The molecule has 4 nitrogen and oxygen atoms in total. The molecule has 0 aromatic carbocycles. The normalized spacial score (nSPS) is 23.8. The summed E-state index contributed by atoms with van der Waals surface area (Å²) in [6, 6.07) is 0.615. The van der Waals surface area contributed by atoms with Crippen LogP contribution in [0.2, 0.25) is 0 Å². The molecule has 0 radical (unpaired) electrons. The van der Waals surface area contributed by atoms with Gasteiger partial charge in [0.05, 0.1) is 0 Å². The van der Waals surface area contributed by atoms with Gasteiger partial charge in [0.2, 0.25) is 0 Å². The van der Waals surface area contributed by atoms with Gasteiger partial charge in [-0.1, -0.05) is 33.1 Å². The molecule has 1 aliphatic carbocycles. The van der Waals surface area contributed by atoms with Crippen molar-refractivity contribution in [2.75, 3.05) is 19.7 Å². The van der Waals surface area contributed by atoms with Crippen molar-refractivity contribution in [3.8, 4) is 0 Å². The third-order valence-corrected chi connectivity index (χ3v) is 5.49. The van der Waals surface area contributed by atoms with Crippen molar-refractivity contribution in [1.82, 2.24) is 10.2 Å². The van der Waals surface area contributed by atoms with Crippen LogP contribution in [0.1, 0.15) is 71.6 Å². The van der Waals surface area contributed by atoms with Crippen molar-refractivity contribution in [2.45, 2.75) is 77.7 Å². The largest absolute Gasteiger partial charge is 0.396 e. The van der Waals surface area contributed by atoms with Crippen LogP contribution in [-0.2, 0) is 0 Å².